The maximum absolute atomic E-state index is 11.5. The van der Waals surface area contributed by atoms with E-state index in [0.717, 1.165) is 20.8 Å². The molecule has 0 aliphatic carbocycles. The number of hydrogen-bond donors (Lipinski definition) is 0. The molecular formula is C11H12O9. The zero-order valence-electron chi connectivity index (χ0n) is 10.9. The molecule has 1 aliphatic heterocycles. The van der Waals surface area contributed by atoms with Crippen molar-refractivity contribution in [3.8, 4) is 0 Å². The van der Waals surface area contributed by atoms with Gasteiger partial charge in [0.25, 0.3) is 0 Å². The maximum Gasteiger partial charge on any atom is 0.359 e. The Morgan fingerprint density at radius 1 is 0.800 bits per heavy atom. The summed E-state index contributed by atoms with van der Waals surface area (Å²) in [5.41, 5.74) is 0. The summed E-state index contributed by atoms with van der Waals surface area (Å²) in [5.74, 6) is -4.99. The van der Waals surface area contributed by atoms with Gasteiger partial charge < -0.3 is 18.9 Å². The third-order valence-electron chi connectivity index (χ3n) is 2.15. The van der Waals surface area contributed by atoms with Crippen molar-refractivity contribution in [1.82, 2.24) is 0 Å². The first kappa shape index (κ1) is 15.6. The van der Waals surface area contributed by atoms with Crippen LogP contribution in [0, 0.1) is 0 Å². The number of hydrogen-bond acceptors (Lipinski definition) is 9. The normalized spacial score (nSPS) is 22.8. The van der Waals surface area contributed by atoms with Crippen molar-refractivity contribution in [2.45, 2.75) is 39.1 Å². The van der Waals surface area contributed by atoms with Crippen LogP contribution in [0.25, 0.3) is 0 Å². The van der Waals surface area contributed by atoms with E-state index in [4.69, 9.17) is 4.74 Å². The number of cyclic esters (lactones) is 2. The number of ether oxygens (including phenoxy) is 4. The summed E-state index contributed by atoms with van der Waals surface area (Å²) in [6, 6.07) is 0. The smallest absolute Gasteiger partial charge is 0.359 e. The van der Waals surface area contributed by atoms with Crippen molar-refractivity contribution < 1.29 is 42.9 Å². The van der Waals surface area contributed by atoms with Crippen LogP contribution in [0.1, 0.15) is 20.8 Å². The Labute approximate surface area is 113 Å². The zero-order chi connectivity index (χ0) is 15.4. The molecule has 2 atom stereocenters. The fraction of sp³-hybridized carbons (Fsp3) is 0.545. The van der Waals surface area contributed by atoms with E-state index in [-0.39, 0.29) is 0 Å². The molecule has 1 saturated heterocycles. The molecular weight excluding hydrogens is 276 g/mol. The Kier molecular flexibility index (Phi) is 4.78. The number of rotatable bonds is 3. The van der Waals surface area contributed by atoms with Crippen molar-refractivity contribution in [2.75, 3.05) is 0 Å². The molecule has 0 N–H and O–H groups in total. The molecule has 0 unspecified atom stereocenters. The molecule has 0 amide bonds. The SMILES string of the molecule is CC(=O)OC1[C@@H](OC(C)=O)C(=O)OC(=O)[C@@H]1OC(C)=O. The van der Waals surface area contributed by atoms with Crippen LogP contribution in [0.5, 0.6) is 0 Å². The highest BCUT2D eigenvalue weighted by atomic mass is 16.7. The summed E-state index contributed by atoms with van der Waals surface area (Å²) >= 11 is 0. The van der Waals surface area contributed by atoms with Crippen LogP contribution in [0.3, 0.4) is 0 Å². The van der Waals surface area contributed by atoms with Crippen molar-refractivity contribution in [1.29, 1.82) is 0 Å². The Balaban J connectivity index is 3.08. The minimum atomic E-state index is -1.68. The van der Waals surface area contributed by atoms with Gasteiger partial charge in [-0.1, -0.05) is 0 Å². The van der Waals surface area contributed by atoms with Gasteiger partial charge in [-0.2, -0.15) is 0 Å². The zero-order valence-corrected chi connectivity index (χ0v) is 10.9. The van der Waals surface area contributed by atoms with E-state index < -0.39 is 48.2 Å². The highest BCUT2D eigenvalue weighted by molar-refractivity contribution is 5.96. The second-order valence-electron chi connectivity index (χ2n) is 3.87. The molecule has 1 heterocycles. The van der Waals surface area contributed by atoms with Crippen LogP contribution in [-0.4, -0.2) is 48.2 Å². The Bertz CT molecular complexity index is 433. The van der Waals surface area contributed by atoms with Crippen LogP contribution in [0.15, 0.2) is 0 Å². The van der Waals surface area contributed by atoms with Crippen molar-refractivity contribution in [3.63, 3.8) is 0 Å². The fourth-order valence-electron chi connectivity index (χ4n) is 1.55. The first-order chi connectivity index (χ1) is 9.22. The molecule has 0 bridgehead atoms. The van der Waals surface area contributed by atoms with Crippen LogP contribution in [0.2, 0.25) is 0 Å². The molecule has 20 heavy (non-hydrogen) atoms. The van der Waals surface area contributed by atoms with Crippen LogP contribution in [-0.2, 0) is 42.9 Å². The molecule has 9 nitrogen and oxygen atoms in total. The molecule has 0 aromatic carbocycles. The van der Waals surface area contributed by atoms with Gasteiger partial charge in [0.05, 0.1) is 0 Å². The molecule has 0 saturated carbocycles. The lowest BCUT2D eigenvalue weighted by atomic mass is 10.0. The molecule has 1 fully saturated rings. The van der Waals surface area contributed by atoms with E-state index in [1.165, 1.54) is 0 Å². The van der Waals surface area contributed by atoms with Gasteiger partial charge in [-0.25, -0.2) is 9.59 Å². The van der Waals surface area contributed by atoms with Gasteiger partial charge in [-0.15, -0.1) is 0 Å². The molecule has 1 aliphatic rings. The first-order valence-corrected chi connectivity index (χ1v) is 5.49. The molecule has 110 valence electrons. The highest BCUT2D eigenvalue weighted by Crippen LogP contribution is 2.21. The van der Waals surface area contributed by atoms with Crippen LogP contribution < -0.4 is 0 Å². The van der Waals surface area contributed by atoms with Gasteiger partial charge in [-0.3, -0.25) is 14.4 Å². The standard InChI is InChI=1S/C11H12O9/c1-4(12)17-7-8(18-5(2)13)10(15)20-11(16)9(7)19-6(3)14/h7-9H,1-3H3/t8-,9-/m1/s1. The maximum atomic E-state index is 11.5. The first-order valence-electron chi connectivity index (χ1n) is 5.49. The van der Waals surface area contributed by atoms with E-state index in [1.54, 1.807) is 0 Å². The van der Waals surface area contributed by atoms with E-state index in [0.29, 0.717) is 0 Å². The predicted octanol–water partition coefficient (Wildman–Crippen LogP) is -1.14. The average molecular weight is 288 g/mol. The monoisotopic (exact) mass is 288 g/mol. The van der Waals surface area contributed by atoms with E-state index in [2.05, 4.69) is 14.2 Å². The Hall–Kier alpha value is -2.45. The second-order valence-corrected chi connectivity index (χ2v) is 3.87. The third-order valence-corrected chi connectivity index (χ3v) is 2.15. The molecule has 0 aromatic rings. The van der Waals surface area contributed by atoms with Gasteiger partial charge in [0, 0.05) is 20.8 Å². The summed E-state index contributed by atoms with van der Waals surface area (Å²) in [7, 11) is 0. The molecule has 1 rings (SSSR count). The largest absolute Gasteiger partial charge is 0.453 e. The second kappa shape index (κ2) is 6.13. The third kappa shape index (κ3) is 3.77. The summed E-state index contributed by atoms with van der Waals surface area (Å²) in [4.78, 5) is 55.9. The quantitative estimate of drug-likeness (QED) is 0.360. The summed E-state index contributed by atoms with van der Waals surface area (Å²) in [6.45, 7) is 3.03. The van der Waals surface area contributed by atoms with Crippen LogP contribution >= 0.6 is 0 Å². The Morgan fingerprint density at radius 3 is 1.45 bits per heavy atom. The minimum Gasteiger partial charge on any atom is -0.453 e. The molecule has 0 spiro atoms. The van der Waals surface area contributed by atoms with Gasteiger partial charge in [0.2, 0.25) is 12.2 Å². The average Bonchev–Trinajstić information content (AvgIpc) is 2.27. The van der Waals surface area contributed by atoms with E-state index in [1.807, 2.05) is 0 Å². The molecule has 0 aromatic heterocycles. The lowest BCUT2D eigenvalue weighted by Crippen LogP contribution is -2.57. The number of esters is 5. The summed E-state index contributed by atoms with van der Waals surface area (Å²) in [6.07, 6.45) is -4.95. The highest BCUT2D eigenvalue weighted by Gasteiger charge is 2.52. The summed E-state index contributed by atoms with van der Waals surface area (Å²) < 4.78 is 18.3. The van der Waals surface area contributed by atoms with E-state index >= 15 is 0 Å². The van der Waals surface area contributed by atoms with Crippen LogP contribution in [0.4, 0.5) is 0 Å². The van der Waals surface area contributed by atoms with E-state index in [9.17, 15) is 24.0 Å². The lowest BCUT2D eigenvalue weighted by molar-refractivity contribution is -0.213. The number of carbonyl (C=O) groups is 5. The van der Waals surface area contributed by atoms with Gasteiger partial charge in [0.1, 0.15) is 0 Å². The topological polar surface area (TPSA) is 122 Å². The van der Waals surface area contributed by atoms with Gasteiger partial charge in [0.15, 0.2) is 6.10 Å². The lowest BCUT2D eigenvalue weighted by Gasteiger charge is -2.32. The molecule has 0 radical (unpaired) electrons. The van der Waals surface area contributed by atoms with Crippen molar-refractivity contribution in [2.24, 2.45) is 0 Å². The number of carbonyl (C=O) groups excluding carboxylic acids is 5. The fourth-order valence-corrected chi connectivity index (χ4v) is 1.55. The molecule has 9 heteroatoms. The van der Waals surface area contributed by atoms with Crippen molar-refractivity contribution in [3.05, 3.63) is 0 Å². The minimum absolute atomic E-state index is 0.855. The Morgan fingerprint density at radius 2 is 1.15 bits per heavy atom. The van der Waals surface area contributed by atoms with Gasteiger partial charge >= 0.3 is 29.8 Å². The summed E-state index contributed by atoms with van der Waals surface area (Å²) in [5, 5.41) is 0. The van der Waals surface area contributed by atoms with Gasteiger partial charge in [-0.05, 0) is 0 Å². The predicted molar refractivity (Wildman–Crippen MR) is 57.8 cm³/mol. The van der Waals surface area contributed by atoms with Crippen molar-refractivity contribution >= 4 is 29.8 Å².